The number of hydrogen-bond acceptors (Lipinski definition) is 2. The van der Waals surface area contributed by atoms with Gasteiger partial charge >= 0.3 is 0 Å². The Hall–Kier alpha value is -3.21. The summed E-state index contributed by atoms with van der Waals surface area (Å²) in [4.78, 5) is 29.2. The summed E-state index contributed by atoms with van der Waals surface area (Å²) in [6.45, 7) is 1.79. The first-order chi connectivity index (χ1) is 11.2. The van der Waals surface area contributed by atoms with Gasteiger partial charge in [0.05, 0.1) is 22.2 Å². The molecule has 0 radical (unpaired) electrons. The third-order valence-electron chi connectivity index (χ3n) is 3.95. The Labute approximate surface area is 131 Å². The van der Waals surface area contributed by atoms with Crippen LogP contribution in [0.5, 0.6) is 0 Å². The Bertz CT molecular complexity index is 1110. The average molecular weight is 303 g/mol. The Morgan fingerprint density at radius 3 is 2.43 bits per heavy atom. The number of fused-ring (bicyclic) bond motifs is 1. The third-order valence-corrected chi connectivity index (χ3v) is 3.95. The molecule has 4 rings (SSSR count). The number of aryl methyl sites for hydroxylation is 1. The molecule has 1 aliphatic heterocycles. The van der Waals surface area contributed by atoms with Crippen LogP contribution in [-0.4, -0.2) is 15.7 Å². The van der Waals surface area contributed by atoms with E-state index in [2.05, 4.69) is 10.1 Å². The number of rotatable bonds is 2. The summed E-state index contributed by atoms with van der Waals surface area (Å²) >= 11 is 0. The molecule has 0 spiro atoms. The minimum absolute atomic E-state index is 0.246. The Kier molecular flexibility index (Phi) is 2.87. The maximum absolute atomic E-state index is 12.8. The number of carbonyl (C=O) groups is 1. The normalized spacial score (nSPS) is 13.1. The van der Waals surface area contributed by atoms with E-state index in [9.17, 15) is 9.59 Å². The zero-order valence-corrected chi connectivity index (χ0v) is 12.4. The molecule has 0 fully saturated rings. The third kappa shape index (κ3) is 1.97. The van der Waals surface area contributed by atoms with Gasteiger partial charge in [0, 0.05) is 10.9 Å². The van der Waals surface area contributed by atoms with Crippen LogP contribution in [0.15, 0.2) is 64.4 Å². The number of nitrogens with one attached hydrogen (secondary N) is 1. The summed E-state index contributed by atoms with van der Waals surface area (Å²) in [7, 11) is 0. The number of para-hydroxylation sites is 2. The van der Waals surface area contributed by atoms with Crippen molar-refractivity contribution < 1.29 is 4.79 Å². The molecule has 5 heteroatoms. The monoisotopic (exact) mass is 303 g/mol. The zero-order chi connectivity index (χ0) is 16.0. The van der Waals surface area contributed by atoms with Gasteiger partial charge in [0.25, 0.3) is 11.5 Å². The molecule has 0 bridgehead atoms. The number of aromatic nitrogens is 2. The standard InChI is InChI=1S/C18H13N3O2/c1-11-15(16-13-9-5-6-10-14(13)19-17(16)22)18(23)21(20-11)12-7-3-2-4-8-12/h2-10,20H,1H3. The van der Waals surface area contributed by atoms with Crippen LogP contribution in [-0.2, 0) is 4.79 Å². The van der Waals surface area contributed by atoms with Crippen molar-refractivity contribution in [1.82, 2.24) is 9.78 Å². The van der Waals surface area contributed by atoms with Gasteiger partial charge in [0.15, 0.2) is 0 Å². The van der Waals surface area contributed by atoms with E-state index >= 15 is 0 Å². The number of carbonyl (C=O) groups excluding carboxylic acids is 1. The number of H-pyrrole nitrogens is 1. The smallest absolute Gasteiger partial charge is 0.279 e. The molecule has 0 aliphatic carbocycles. The molecule has 0 saturated heterocycles. The second kappa shape index (κ2) is 4.91. The Morgan fingerprint density at radius 1 is 0.957 bits per heavy atom. The van der Waals surface area contributed by atoms with E-state index in [4.69, 9.17) is 0 Å². The summed E-state index contributed by atoms with van der Waals surface area (Å²) in [5.41, 5.74) is 1.88. The average Bonchev–Trinajstić information content (AvgIpc) is 3.04. The number of aromatic amines is 1. The summed E-state index contributed by atoms with van der Waals surface area (Å²) in [6, 6.07) is 16.5. The molecule has 112 valence electrons. The van der Waals surface area contributed by atoms with Crippen molar-refractivity contribution in [2.75, 3.05) is 0 Å². The van der Waals surface area contributed by atoms with Crippen molar-refractivity contribution in [1.29, 1.82) is 0 Å². The quantitative estimate of drug-likeness (QED) is 0.762. The first-order valence-corrected chi connectivity index (χ1v) is 7.26. The lowest BCUT2D eigenvalue weighted by Gasteiger charge is -1.99. The summed E-state index contributed by atoms with van der Waals surface area (Å²) in [5.74, 6) is -0.370. The van der Waals surface area contributed by atoms with Gasteiger partial charge in [-0.2, -0.15) is 0 Å². The van der Waals surface area contributed by atoms with E-state index < -0.39 is 0 Å². The van der Waals surface area contributed by atoms with Crippen molar-refractivity contribution in [3.8, 4) is 5.69 Å². The van der Waals surface area contributed by atoms with Crippen LogP contribution < -0.4 is 16.1 Å². The molecular formula is C18H13N3O2. The topological polar surface area (TPSA) is 67.2 Å². The van der Waals surface area contributed by atoms with Gasteiger partial charge in [-0.15, -0.1) is 0 Å². The van der Waals surface area contributed by atoms with Crippen molar-refractivity contribution in [3.05, 3.63) is 86.8 Å². The van der Waals surface area contributed by atoms with E-state index in [-0.39, 0.29) is 11.5 Å². The number of nitrogens with zero attached hydrogens (tertiary/aromatic N) is 2. The fraction of sp³-hybridized carbons (Fsp3) is 0.0556. The first-order valence-electron chi connectivity index (χ1n) is 7.26. The van der Waals surface area contributed by atoms with E-state index in [1.807, 2.05) is 48.5 Å². The molecule has 3 aromatic rings. The highest BCUT2D eigenvalue weighted by Gasteiger charge is 2.25. The molecule has 1 amide bonds. The predicted molar refractivity (Wildman–Crippen MR) is 85.9 cm³/mol. The molecule has 0 atom stereocenters. The first kappa shape index (κ1) is 13.5. The molecule has 1 aromatic heterocycles. The van der Waals surface area contributed by atoms with Crippen LogP contribution in [0.4, 0.5) is 0 Å². The van der Waals surface area contributed by atoms with Gasteiger partial charge in [0.1, 0.15) is 0 Å². The molecule has 2 heterocycles. The lowest BCUT2D eigenvalue weighted by molar-refractivity contribution is -0.112. The van der Waals surface area contributed by atoms with Crippen LogP contribution in [0.2, 0.25) is 0 Å². The van der Waals surface area contributed by atoms with E-state index in [0.717, 1.165) is 5.69 Å². The molecule has 0 unspecified atom stereocenters. The highest BCUT2D eigenvalue weighted by molar-refractivity contribution is 6.21. The van der Waals surface area contributed by atoms with Crippen LogP contribution in [0.1, 0.15) is 11.3 Å². The lowest BCUT2D eigenvalue weighted by atomic mass is 10.0. The molecule has 0 saturated carbocycles. The highest BCUT2D eigenvalue weighted by Crippen LogP contribution is 2.15. The molecule has 1 aliphatic rings. The minimum Gasteiger partial charge on any atom is -0.295 e. The van der Waals surface area contributed by atoms with Gasteiger partial charge in [0.2, 0.25) is 0 Å². The maximum Gasteiger partial charge on any atom is 0.279 e. The largest absolute Gasteiger partial charge is 0.295 e. The predicted octanol–water partition coefficient (Wildman–Crippen LogP) is 0.833. The Morgan fingerprint density at radius 2 is 1.65 bits per heavy atom. The van der Waals surface area contributed by atoms with E-state index in [1.54, 1.807) is 13.0 Å². The lowest BCUT2D eigenvalue weighted by Crippen LogP contribution is -2.25. The zero-order valence-electron chi connectivity index (χ0n) is 12.4. The van der Waals surface area contributed by atoms with E-state index in [0.29, 0.717) is 27.4 Å². The SMILES string of the molecule is Cc1[nH]n(-c2ccccc2)c(=O)c1C1=c2ccccc2=NC1=O. The van der Waals surface area contributed by atoms with E-state index in [1.165, 1.54) is 4.68 Å². The second-order valence-corrected chi connectivity index (χ2v) is 5.40. The van der Waals surface area contributed by atoms with Gasteiger partial charge in [-0.3, -0.25) is 14.7 Å². The van der Waals surface area contributed by atoms with Gasteiger partial charge in [-0.25, -0.2) is 9.67 Å². The van der Waals surface area contributed by atoms with Gasteiger partial charge in [-0.05, 0) is 25.1 Å². The molecule has 1 N–H and O–H groups in total. The van der Waals surface area contributed by atoms with Crippen molar-refractivity contribution in [2.24, 2.45) is 4.99 Å². The van der Waals surface area contributed by atoms with Crippen molar-refractivity contribution >= 4 is 11.5 Å². The summed E-state index contributed by atoms with van der Waals surface area (Å²) in [5, 5.41) is 4.36. The van der Waals surface area contributed by atoms with Crippen LogP contribution >= 0.6 is 0 Å². The van der Waals surface area contributed by atoms with Crippen LogP contribution in [0.3, 0.4) is 0 Å². The Balaban J connectivity index is 2.04. The highest BCUT2D eigenvalue weighted by atomic mass is 16.2. The van der Waals surface area contributed by atoms with Gasteiger partial charge < -0.3 is 0 Å². The molecule has 2 aromatic carbocycles. The fourth-order valence-corrected chi connectivity index (χ4v) is 2.90. The van der Waals surface area contributed by atoms with Crippen LogP contribution in [0, 0.1) is 6.92 Å². The maximum atomic E-state index is 12.8. The number of benzene rings is 2. The second-order valence-electron chi connectivity index (χ2n) is 5.40. The fourth-order valence-electron chi connectivity index (χ4n) is 2.90. The van der Waals surface area contributed by atoms with Crippen molar-refractivity contribution in [2.45, 2.75) is 6.92 Å². The molecule has 5 nitrogen and oxygen atoms in total. The molecular weight excluding hydrogens is 290 g/mol. The minimum atomic E-state index is -0.370. The van der Waals surface area contributed by atoms with Crippen molar-refractivity contribution in [3.63, 3.8) is 0 Å². The number of hydrogen-bond donors (Lipinski definition) is 1. The number of amides is 1. The summed E-state index contributed by atoms with van der Waals surface area (Å²) in [6.07, 6.45) is 0. The van der Waals surface area contributed by atoms with Crippen LogP contribution in [0.25, 0.3) is 11.3 Å². The molecule has 23 heavy (non-hydrogen) atoms. The summed E-state index contributed by atoms with van der Waals surface area (Å²) < 4.78 is 1.45. The van der Waals surface area contributed by atoms with Gasteiger partial charge in [-0.1, -0.05) is 36.4 Å².